The van der Waals surface area contributed by atoms with Crippen LogP contribution in [0.3, 0.4) is 0 Å². The molecule has 198 valence electrons. The van der Waals surface area contributed by atoms with Crippen molar-refractivity contribution in [1.82, 2.24) is 19.4 Å². The minimum absolute atomic E-state index is 0.00655. The number of nitrogens with one attached hydrogen (secondary N) is 1. The standard InChI is InChI=1S/C28H37N5O4/c34-21-6-4-20(5-7-21)33-26-25(18-30-28(31-26)29-17-19-2-3-19)23-9-8-22(16-24(23)27(33)35)37-13-1-10-32-11-14-36-15-12-32/h8-9,16,18-21,34H,1-7,10-15,17H2,(H,29,30,31). The van der Waals surface area contributed by atoms with Crippen LogP contribution >= 0.6 is 0 Å². The average molecular weight is 508 g/mol. The highest BCUT2D eigenvalue weighted by molar-refractivity contribution is 6.04. The first-order valence-corrected chi connectivity index (χ1v) is 13.9. The number of ether oxygens (including phenoxy) is 2. The highest BCUT2D eigenvalue weighted by Crippen LogP contribution is 2.33. The summed E-state index contributed by atoms with van der Waals surface area (Å²) in [5.74, 6) is 1.98. The van der Waals surface area contributed by atoms with E-state index in [0.29, 0.717) is 48.1 Å². The topological polar surface area (TPSA) is 102 Å². The van der Waals surface area contributed by atoms with Crippen LogP contribution in [0.25, 0.3) is 21.8 Å². The molecular formula is C28H37N5O4. The summed E-state index contributed by atoms with van der Waals surface area (Å²) in [5.41, 5.74) is 0.626. The van der Waals surface area contributed by atoms with Crippen molar-refractivity contribution in [3.8, 4) is 5.75 Å². The van der Waals surface area contributed by atoms with Crippen molar-refractivity contribution < 1.29 is 14.6 Å². The maximum absolute atomic E-state index is 13.9. The van der Waals surface area contributed by atoms with Crippen LogP contribution in [-0.4, -0.2) is 76.6 Å². The predicted octanol–water partition coefficient (Wildman–Crippen LogP) is 3.34. The van der Waals surface area contributed by atoms with Crippen molar-refractivity contribution in [3.05, 3.63) is 34.7 Å². The summed E-state index contributed by atoms with van der Waals surface area (Å²) in [6.45, 7) is 5.99. The van der Waals surface area contributed by atoms with Crippen molar-refractivity contribution in [2.75, 3.05) is 51.3 Å². The number of morpholine rings is 1. The van der Waals surface area contributed by atoms with Crippen LogP contribution in [0.5, 0.6) is 5.75 Å². The van der Waals surface area contributed by atoms with Gasteiger partial charge in [0.2, 0.25) is 5.95 Å². The van der Waals surface area contributed by atoms with Gasteiger partial charge in [-0.15, -0.1) is 0 Å². The molecule has 0 unspecified atom stereocenters. The van der Waals surface area contributed by atoms with Crippen molar-refractivity contribution in [2.24, 2.45) is 5.92 Å². The molecule has 9 nitrogen and oxygen atoms in total. The molecule has 2 saturated carbocycles. The highest BCUT2D eigenvalue weighted by Gasteiger charge is 2.26. The summed E-state index contributed by atoms with van der Waals surface area (Å²) < 4.78 is 13.3. The first-order chi connectivity index (χ1) is 18.2. The lowest BCUT2D eigenvalue weighted by Gasteiger charge is -2.28. The van der Waals surface area contributed by atoms with Gasteiger partial charge in [0.05, 0.1) is 31.3 Å². The molecule has 2 aliphatic carbocycles. The summed E-state index contributed by atoms with van der Waals surface area (Å²) in [5, 5.41) is 15.8. The molecule has 3 fully saturated rings. The van der Waals surface area contributed by atoms with E-state index in [0.717, 1.165) is 69.4 Å². The van der Waals surface area contributed by atoms with Crippen molar-refractivity contribution in [2.45, 2.75) is 57.1 Å². The zero-order valence-corrected chi connectivity index (χ0v) is 21.4. The Hall–Kier alpha value is -2.75. The summed E-state index contributed by atoms with van der Waals surface area (Å²) in [7, 11) is 0. The Morgan fingerprint density at radius 1 is 1.05 bits per heavy atom. The second kappa shape index (κ2) is 10.9. The molecule has 2 N–H and O–H groups in total. The molecule has 1 aliphatic heterocycles. The Morgan fingerprint density at radius 2 is 1.86 bits per heavy atom. The quantitative estimate of drug-likeness (QED) is 0.336. The molecular weight excluding hydrogens is 470 g/mol. The molecule has 0 radical (unpaired) electrons. The van der Waals surface area contributed by atoms with Gasteiger partial charge in [-0.2, -0.15) is 4.98 Å². The Balaban J connectivity index is 1.29. The van der Waals surface area contributed by atoms with Gasteiger partial charge in [0.25, 0.3) is 5.56 Å². The lowest BCUT2D eigenvalue weighted by Crippen LogP contribution is -2.37. The number of aliphatic hydroxyl groups excluding tert-OH is 1. The number of pyridine rings is 1. The Kier molecular flexibility index (Phi) is 7.26. The molecule has 0 amide bonds. The molecule has 0 spiro atoms. The predicted molar refractivity (Wildman–Crippen MR) is 143 cm³/mol. The number of benzene rings is 1. The number of hydrogen-bond acceptors (Lipinski definition) is 8. The second-order valence-electron chi connectivity index (χ2n) is 10.8. The molecule has 3 heterocycles. The largest absolute Gasteiger partial charge is 0.494 e. The minimum Gasteiger partial charge on any atom is -0.494 e. The fourth-order valence-electron chi connectivity index (χ4n) is 5.60. The lowest BCUT2D eigenvalue weighted by atomic mass is 9.92. The Labute approximate surface area is 216 Å². The molecule has 6 rings (SSSR count). The molecule has 2 aromatic heterocycles. The Bertz CT molecular complexity index is 1290. The summed E-state index contributed by atoms with van der Waals surface area (Å²) >= 11 is 0. The van der Waals surface area contributed by atoms with Crippen LogP contribution in [0.4, 0.5) is 5.95 Å². The van der Waals surface area contributed by atoms with E-state index in [4.69, 9.17) is 14.5 Å². The van der Waals surface area contributed by atoms with Crippen LogP contribution in [0.15, 0.2) is 29.2 Å². The van der Waals surface area contributed by atoms with Crippen molar-refractivity contribution in [1.29, 1.82) is 0 Å². The molecule has 3 aliphatic rings. The summed E-state index contributed by atoms with van der Waals surface area (Å²) in [6, 6.07) is 5.79. The van der Waals surface area contributed by atoms with Crippen molar-refractivity contribution >= 4 is 27.8 Å². The smallest absolute Gasteiger partial charge is 0.260 e. The van der Waals surface area contributed by atoms with Crippen LogP contribution in [0, 0.1) is 5.92 Å². The number of anilines is 1. The molecule has 0 bridgehead atoms. The van der Waals surface area contributed by atoms with Gasteiger partial charge < -0.3 is 19.9 Å². The van der Waals surface area contributed by atoms with E-state index in [1.54, 1.807) is 0 Å². The number of aromatic nitrogens is 3. The average Bonchev–Trinajstić information content (AvgIpc) is 3.76. The summed E-state index contributed by atoms with van der Waals surface area (Å²) in [6.07, 6.45) is 7.88. The number of rotatable bonds is 9. The van der Waals surface area contributed by atoms with Crippen LogP contribution in [0.1, 0.15) is 51.0 Å². The monoisotopic (exact) mass is 507 g/mol. The summed E-state index contributed by atoms with van der Waals surface area (Å²) in [4.78, 5) is 25.8. The van der Waals surface area contributed by atoms with Gasteiger partial charge in [-0.25, -0.2) is 4.98 Å². The minimum atomic E-state index is -0.290. The van der Waals surface area contributed by atoms with E-state index >= 15 is 0 Å². The number of fused-ring (bicyclic) bond motifs is 3. The first-order valence-electron chi connectivity index (χ1n) is 13.9. The Morgan fingerprint density at radius 3 is 2.65 bits per heavy atom. The third-order valence-corrected chi connectivity index (χ3v) is 8.00. The van der Waals surface area contributed by atoms with E-state index in [2.05, 4.69) is 15.2 Å². The van der Waals surface area contributed by atoms with E-state index in [-0.39, 0.29) is 17.7 Å². The third-order valence-electron chi connectivity index (χ3n) is 8.00. The fourth-order valence-corrected chi connectivity index (χ4v) is 5.60. The zero-order chi connectivity index (χ0) is 25.2. The normalized spacial score (nSPS) is 22.9. The molecule has 1 saturated heterocycles. The van der Waals surface area contributed by atoms with Gasteiger partial charge in [0.1, 0.15) is 11.4 Å². The fraction of sp³-hybridized carbons (Fsp3) is 0.607. The zero-order valence-electron chi connectivity index (χ0n) is 21.4. The van der Waals surface area contributed by atoms with E-state index in [1.807, 2.05) is 29.0 Å². The van der Waals surface area contributed by atoms with E-state index in [1.165, 1.54) is 12.8 Å². The SMILES string of the molecule is O=c1c2cc(OCCCN3CCOCC3)ccc2c2cnc(NCC3CC3)nc2n1C1CCC(O)CC1. The van der Waals surface area contributed by atoms with Crippen LogP contribution in [-0.2, 0) is 4.74 Å². The molecule has 1 aromatic carbocycles. The maximum Gasteiger partial charge on any atom is 0.260 e. The van der Waals surface area contributed by atoms with Crippen molar-refractivity contribution in [3.63, 3.8) is 0 Å². The molecule has 3 aromatic rings. The van der Waals surface area contributed by atoms with Crippen LogP contribution in [0.2, 0.25) is 0 Å². The van der Waals surface area contributed by atoms with Gasteiger partial charge in [-0.1, -0.05) is 0 Å². The number of aliphatic hydroxyl groups is 1. The van der Waals surface area contributed by atoms with Crippen LogP contribution < -0.4 is 15.6 Å². The van der Waals surface area contributed by atoms with Gasteiger partial charge in [-0.05, 0) is 74.4 Å². The molecule has 0 atom stereocenters. The van der Waals surface area contributed by atoms with Gasteiger partial charge in [0.15, 0.2) is 0 Å². The highest BCUT2D eigenvalue weighted by atomic mass is 16.5. The lowest BCUT2D eigenvalue weighted by molar-refractivity contribution is 0.0358. The second-order valence-corrected chi connectivity index (χ2v) is 10.8. The van der Waals surface area contributed by atoms with E-state index in [9.17, 15) is 9.90 Å². The molecule has 37 heavy (non-hydrogen) atoms. The maximum atomic E-state index is 13.9. The third kappa shape index (κ3) is 5.58. The van der Waals surface area contributed by atoms with E-state index < -0.39 is 0 Å². The van der Waals surface area contributed by atoms with Gasteiger partial charge in [0, 0.05) is 43.8 Å². The molecule has 9 heteroatoms. The van der Waals surface area contributed by atoms with Gasteiger partial charge >= 0.3 is 0 Å². The number of nitrogens with zero attached hydrogens (tertiary/aromatic N) is 4. The number of hydrogen-bond donors (Lipinski definition) is 2. The first kappa shape index (κ1) is 24.6. The van der Waals surface area contributed by atoms with Gasteiger partial charge in [-0.3, -0.25) is 14.3 Å².